The van der Waals surface area contributed by atoms with Gasteiger partial charge in [0.25, 0.3) is 5.91 Å². The summed E-state index contributed by atoms with van der Waals surface area (Å²) in [7, 11) is 1.92. The largest absolute Gasteiger partial charge is 0.356 e. The number of aromatic nitrogens is 1. The van der Waals surface area contributed by atoms with Crippen LogP contribution >= 0.6 is 0 Å². The second-order valence-corrected chi connectivity index (χ2v) is 4.69. The zero-order valence-corrected chi connectivity index (χ0v) is 11.2. The number of aryl methyl sites for hydroxylation is 1. The number of hydrogen-bond donors (Lipinski definition) is 1. The molecule has 0 aromatic carbocycles. The van der Waals surface area contributed by atoms with Crippen LogP contribution in [-0.2, 0) is 7.05 Å². The molecule has 1 heterocycles. The topological polar surface area (TPSA) is 34.0 Å². The molecule has 1 aromatic rings. The molecular formula is C14H24N2O. The van der Waals surface area contributed by atoms with Gasteiger partial charge in [0, 0.05) is 26.0 Å². The fraction of sp³-hybridized carbons (Fsp3) is 0.643. The van der Waals surface area contributed by atoms with E-state index in [1.165, 1.54) is 19.3 Å². The zero-order valence-electron chi connectivity index (χ0n) is 11.2. The lowest BCUT2D eigenvalue weighted by molar-refractivity contribution is 0.0946. The van der Waals surface area contributed by atoms with Gasteiger partial charge in [-0.05, 0) is 18.4 Å². The summed E-state index contributed by atoms with van der Waals surface area (Å²) in [4.78, 5) is 11.8. The van der Waals surface area contributed by atoms with Crippen molar-refractivity contribution in [2.24, 2.45) is 13.0 Å². The van der Waals surface area contributed by atoms with Crippen molar-refractivity contribution in [2.45, 2.75) is 39.5 Å². The van der Waals surface area contributed by atoms with E-state index in [2.05, 4.69) is 19.2 Å². The van der Waals surface area contributed by atoms with Crippen LogP contribution in [0.5, 0.6) is 0 Å². The summed E-state index contributed by atoms with van der Waals surface area (Å²) in [6.07, 6.45) is 8.56. The first-order valence-electron chi connectivity index (χ1n) is 6.57. The van der Waals surface area contributed by atoms with E-state index in [1.807, 2.05) is 30.1 Å². The lowest BCUT2D eigenvalue weighted by Gasteiger charge is -2.14. The van der Waals surface area contributed by atoms with Crippen LogP contribution in [-0.4, -0.2) is 17.0 Å². The Morgan fingerprint density at radius 3 is 2.76 bits per heavy atom. The van der Waals surface area contributed by atoms with Gasteiger partial charge in [0.05, 0.1) is 5.56 Å². The van der Waals surface area contributed by atoms with Crippen LogP contribution in [0.15, 0.2) is 18.5 Å². The lowest BCUT2D eigenvalue weighted by atomic mass is 9.99. The van der Waals surface area contributed by atoms with Crippen molar-refractivity contribution < 1.29 is 4.79 Å². The molecule has 1 atom stereocenters. The molecule has 1 rings (SSSR count). The van der Waals surface area contributed by atoms with Crippen LogP contribution in [0.2, 0.25) is 0 Å². The molecule has 0 spiro atoms. The van der Waals surface area contributed by atoms with Gasteiger partial charge in [0.1, 0.15) is 0 Å². The molecule has 1 amide bonds. The molecule has 17 heavy (non-hydrogen) atoms. The number of amides is 1. The van der Waals surface area contributed by atoms with Crippen molar-refractivity contribution in [2.75, 3.05) is 6.54 Å². The number of carbonyl (C=O) groups excluding carboxylic acids is 1. The Labute approximate surface area is 104 Å². The number of nitrogens with zero attached hydrogens (tertiary/aromatic N) is 1. The van der Waals surface area contributed by atoms with Gasteiger partial charge in [0.15, 0.2) is 0 Å². The van der Waals surface area contributed by atoms with Gasteiger partial charge in [-0.15, -0.1) is 0 Å². The molecule has 3 heteroatoms. The number of nitrogens with one attached hydrogen (secondary N) is 1. The van der Waals surface area contributed by atoms with Gasteiger partial charge in [-0.2, -0.15) is 0 Å². The van der Waals surface area contributed by atoms with Crippen molar-refractivity contribution in [1.82, 2.24) is 9.88 Å². The predicted molar refractivity (Wildman–Crippen MR) is 71.1 cm³/mol. The van der Waals surface area contributed by atoms with Gasteiger partial charge in [-0.1, -0.05) is 33.1 Å². The summed E-state index contributed by atoms with van der Waals surface area (Å²) in [6, 6.07) is 1.85. The minimum Gasteiger partial charge on any atom is -0.356 e. The molecule has 0 bridgehead atoms. The third-order valence-corrected chi connectivity index (χ3v) is 3.19. The fourth-order valence-corrected chi connectivity index (χ4v) is 1.92. The van der Waals surface area contributed by atoms with E-state index >= 15 is 0 Å². The smallest absolute Gasteiger partial charge is 0.252 e. The maximum atomic E-state index is 11.8. The third kappa shape index (κ3) is 4.63. The second kappa shape index (κ2) is 7.15. The van der Waals surface area contributed by atoms with Crippen LogP contribution in [0, 0.1) is 5.92 Å². The van der Waals surface area contributed by atoms with Crippen molar-refractivity contribution in [3.05, 3.63) is 24.0 Å². The molecule has 0 fully saturated rings. The normalized spacial score (nSPS) is 12.4. The Kier molecular flexibility index (Phi) is 5.81. The quantitative estimate of drug-likeness (QED) is 0.776. The molecule has 1 N–H and O–H groups in total. The first kappa shape index (κ1) is 13.8. The highest BCUT2D eigenvalue weighted by molar-refractivity contribution is 5.93. The van der Waals surface area contributed by atoms with E-state index in [0.717, 1.165) is 18.5 Å². The fourth-order valence-electron chi connectivity index (χ4n) is 1.92. The van der Waals surface area contributed by atoms with E-state index in [4.69, 9.17) is 0 Å². The maximum absolute atomic E-state index is 11.8. The van der Waals surface area contributed by atoms with E-state index < -0.39 is 0 Å². The lowest BCUT2D eigenvalue weighted by Crippen LogP contribution is -2.28. The highest BCUT2D eigenvalue weighted by Crippen LogP contribution is 2.11. The van der Waals surface area contributed by atoms with Crippen LogP contribution < -0.4 is 5.32 Å². The van der Waals surface area contributed by atoms with Gasteiger partial charge in [0.2, 0.25) is 0 Å². The van der Waals surface area contributed by atoms with E-state index in [-0.39, 0.29) is 5.91 Å². The molecule has 0 radical (unpaired) electrons. The predicted octanol–water partition coefficient (Wildman–Crippen LogP) is 2.97. The standard InChI is InChI=1S/C14H24N2O/c1-4-6-7-12(5-2)10-15-14(17)13-8-9-16(3)11-13/h8-9,11-12H,4-7,10H2,1-3H3,(H,15,17). The van der Waals surface area contributed by atoms with Crippen LogP contribution in [0.4, 0.5) is 0 Å². The second-order valence-electron chi connectivity index (χ2n) is 4.69. The molecule has 1 aromatic heterocycles. The summed E-state index contributed by atoms with van der Waals surface area (Å²) in [5.74, 6) is 0.656. The molecule has 0 aliphatic carbocycles. The SMILES string of the molecule is CCCCC(CC)CNC(=O)c1ccn(C)c1. The number of hydrogen-bond acceptors (Lipinski definition) is 1. The minimum absolute atomic E-state index is 0.0422. The van der Waals surface area contributed by atoms with Crippen molar-refractivity contribution in [3.63, 3.8) is 0 Å². The Hall–Kier alpha value is -1.25. The van der Waals surface area contributed by atoms with E-state index in [0.29, 0.717) is 5.92 Å². The molecule has 3 nitrogen and oxygen atoms in total. The summed E-state index contributed by atoms with van der Waals surface area (Å²) < 4.78 is 1.89. The van der Waals surface area contributed by atoms with Gasteiger partial charge < -0.3 is 9.88 Å². The van der Waals surface area contributed by atoms with Crippen molar-refractivity contribution in [3.8, 4) is 0 Å². The number of rotatable bonds is 7. The Morgan fingerprint density at radius 1 is 1.47 bits per heavy atom. The molecule has 0 saturated heterocycles. The number of unbranched alkanes of at least 4 members (excludes halogenated alkanes) is 1. The first-order valence-corrected chi connectivity index (χ1v) is 6.57. The third-order valence-electron chi connectivity index (χ3n) is 3.19. The highest BCUT2D eigenvalue weighted by Gasteiger charge is 2.10. The van der Waals surface area contributed by atoms with Crippen LogP contribution in [0.3, 0.4) is 0 Å². The molecule has 96 valence electrons. The van der Waals surface area contributed by atoms with E-state index in [9.17, 15) is 4.79 Å². The Balaban J connectivity index is 2.36. The summed E-state index contributed by atoms with van der Waals surface area (Å²) in [5, 5.41) is 3.02. The van der Waals surface area contributed by atoms with Crippen LogP contribution in [0.25, 0.3) is 0 Å². The molecule has 0 saturated carbocycles. The van der Waals surface area contributed by atoms with E-state index in [1.54, 1.807) is 0 Å². The summed E-state index contributed by atoms with van der Waals surface area (Å²) in [5.41, 5.74) is 0.748. The monoisotopic (exact) mass is 236 g/mol. The maximum Gasteiger partial charge on any atom is 0.252 e. The van der Waals surface area contributed by atoms with Crippen LogP contribution in [0.1, 0.15) is 49.9 Å². The Morgan fingerprint density at radius 2 is 2.24 bits per heavy atom. The van der Waals surface area contributed by atoms with Crippen molar-refractivity contribution >= 4 is 5.91 Å². The zero-order chi connectivity index (χ0) is 12.7. The summed E-state index contributed by atoms with van der Waals surface area (Å²) in [6.45, 7) is 5.19. The highest BCUT2D eigenvalue weighted by atomic mass is 16.1. The molecule has 1 unspecified atom stereocenters. The van der Waals surface area contributed by atoms with Gasteiger partial charge in [-0.25, -0.2) is 0 Å². The van der Waals surface area contributed by atoms with Gasteiger partial charge in [-0.3, -0.25) is 4.79 Å². The molecule has 0 aliphatic rings. The molecule has 0 aliphatic heterocycles. The number of carbonyl (C=O) groups is 1. The summed E-state index contributed by atoms with van der Waals surface area (Å²) >= 11 is 0. The van der Waals surface area contributed by atoms with Crippen molar-refractivity contribution in [1.29, 1.82) is 0 Å². The average molecular weight is 236 g/mol. The van der Waals surface area contributed by atoms with Gasteiger partial charge >= 0.3 is 0 Å². The average Bonchev–Trinajstić information content (AvgIpc) is 2.76. The Bertz CT molecular complexity index is 344. The first-order chi connectivity index (χ1) is 8.17. The minimum atomic E-state index is 0.0422. The molecular weight excluding hydrogens is 212 g/mol.